The lowest BCUT2D eigenvalue weighted by molar-refractivity contribution is -0.124. The largest absolute Gasteiger partial charge is 0.384 e. The van der Waals surface area contributed by atoms with Crippen molar-refractivity contribution in [1.82, 2.24) is 0 Å². The van der Waals surface area contributed by atoms with Gasteiger partial charge in [-0.3, -0.25) is 4.79 Å². The zero-order valence-corrected chi connectivity index (χ0v) is 7.14. The minimum absolute atomic E-state index is 0.197. The molecule has 0 saturated heterocycles. The van der Waals surface area contributed by atoms with Crippen molar-refractivity contribution in [1.29, 1.82) is 0 Å². The van der Waals surface area contributed by atoms with E-state index in [4.69, 9.17) is 4.74 Å². The Hall–Kier alpha value is -0.370. The van der Waals surface area contributed by atoms with E-state index in [0.29, 0.717) is 12.4 Å². The molecule has 1 saturated carbocycles. The lowest BCUT2D eigenvalue weighted by Gasteiger charge is -2.10. The maximum atomic E-state index is 11.3. The summed E-state index contributed by atoms with van der Waals surface area (Å²) in [6.45, 7) is 0.624. The molecule has 1 aliphatic rings. The third-order valence-electron chi connectivity index (χ3n) is 2.30. The molecular formula is C9H16O2. The number of hydrogen-bond donors (Lipinski definition) is 0. The molecule has 0 amide bonds. The third-order valence-corrected chi connectivity index (χ3v) is 2.30. The fourth-order valence-corrected chi connectivity index (χ4v) is 1.61. The molecule has 0 N–H and O–H groups in total. The van der Waals surface area contributed by atoms with Crippen LogP contribution in [0.1, 0.15) is 32.1 Å². The summed E-state index contributed by atoms with van der Waals surface area (Å²) in [5.41, 5.74) is 0. The van der Waals surface area contributed by atoms with E-state index in [0.717, 1.165) is 19.3 Å². The number of carbonyl (C=O) groups is 1. The van der Waals surface area contributed by atoms with E-state index < -0.39 is 0 Å². The first-order valence-electron chi connectivity index (χ1n) is 4.36. The molecule has 1 rings (SSSR count). The van der Waals surface area contributed by atoms with E-state index in [1.807, 2.05) is 0 Å². The summed E-state index contributed by atoms with van der Waals surface area (Å²) in [6, 6.07) is 0. The van der Waals surface area contributed by atoms with Crippen LogP contribution in [0, 0.1) is 5.92 Å². The third kappa shape index (κ3) is 2.62. The predicted molar refractivity (Wildman–Crippen MR) is 43.5 cm³/mol. The zero-order valence-electron chi connectivity index (χ0n) is 7.14. The molecule has 0 aromatic carbocycles. The molecule has 0 aromatic rings. The summed E-state index contributed by atoms with van der Waals surface area (Å²) >= 11 is 0. The highest BCUT2D eigenvalue weighted by molar-refractivity contribution is 5.81. The van der Waals surface area contributed by atoms with Crippen LogP contribution in [0.4, 0.5) is 0 Å². The van der Waals surface area contributed by atoms with Crippen LogP contribution in [0.5, 0.6) is 0 Å². The Balaban J connectivity index is 2.39. The Morgan fingerprint density at radius 1 is 1.45 bits per heavy atom. The molecule has 1 unspecified atom stereocenters. The van der Waals surface area contributed by atoms with Gasteiger partial charge in [0.15, 0.2) is 0 Å². The predicted octanol–water partition coefficient (Wildman–Crippen LogP) is 1.78. The first-order valence-corrected chi connectivity index (χ1v) is 4.36. The monoisotopic (exact) mass is 156 g/mol. The maximum absolute atomic E-state index is 11.3. The van der Waals surface area contributed by atoms with Crippen molar-refractivity contribution in [2.45, 2.75) is 32.1 Å². The van der Waals surface area contributed by atoms with Gasteiger partial charge in [-0.2, -0.15) is 0 Å². The van der Waals surface area contributed by atoms with E-state index >= 15 is 0 Å². The molecule has 0 aliphatic heterocycles. The van der Waals surface area contributed by atoms with Crippen molar-refractivity contribution in [2.24, 2.45) is 5.92 Å². The maximum Gasteiger partial charge on any atom is 0.138 e. The van der Waals surface area contributed by atoms with Crippen molar-refractivity contribution >= 4 is 5.78 Å². The van der Waals surface area contributed by atoms with Crippen LogP contribution in [-0.4, -0.2) is 19.5 Å². The normalized spacial score (nSPS) is 26.6. The first kappa shape index (κ1) is 8.72. The van der Waals surface area contributed by atoms with Crippen molar-refractivity contribution < 1.29 is 9.53 Å². The number of hydrogen-bond acceptors (Lipinski definition) is 2. The molecule has 2 nitrogen and oxygen atoms in total. The summed E-state index contributed by atoms with van der Waals surface area (Å²) < 4.78 is 4.99. The van der Waals surface area contributed by atoms with Crippen LogP contribution < -0.4 is 0 Å². The minimum Gasteiger partial charge on any atom is -0.384 e. The minimum atomic E-state index is 0.197. The molecule has 0 radical (unpaired) electrons. The standard InChI is InChI=1S/C9H16O2/c1-11-7-8-5-3-2-4-6-9(8)10/h8H,2-7H2,1H3. The van der Waals surface area contributed by atoms with Crippen molar-refractivity contribution in [2.75, 3.05) is 13.7 Å². The molecule has 0 spiro atoms. The number of ether oxygens (including phenoxy) is 1. The van der Waals surface area contributed by atoms with E-state index in [1.54, 1.807) is 7.11 Å². The van der Waals surface area contributed by atoms with E-state index in [1.165, 1.54) is 12.8 Å². The SMILES string of the molecule is COCC1CCCCCC1=O. The van der Waals surface area contributed by atoms with Gasteiger partial charge in [-0.1, -0.05) is 12.8 Å². The number of methoxy groups -OCH3 is 1. The fraction of sp³-hybridized carbons (Fsp3) is 0.889. The summed E-state index contributed by atoms with van der Waals surface area (Å²) in [5.74, 6) is 0.604. The molecule has 2 heteroatoms. The van der Waals surface area contributed by atoms with Gasteiger partial charge in [-0.25, -0.2) is 0 Å². The quantitative estimate of drug-likeness (QED) is 0.570. The van der Waals surface area contributed by atoms with Gasteiger partial charge >= 0.3 is 0 Å². The van der Waals surface area contributed by atoms with Gasteiger partial charge in [0.05, 0.1) is 6.61 Å². The van der Waals surface area contributed by atoms with Crippen LogP contribution in [0.2, 0.25) is 0 Å². The molecule has 0 bridgehead atoms. The highest BCUT2D eigenvalue weighted by Gasteiger charge is 2.19. The Morgan fingerprint density at radius 2 is 2.27 bits per heavy atom. The summed E-state index contributed by atoms with van der Waals surface area (Å²) in [7, 11) is 1.66. The lowest BCUT2D eigenvalue weighted by atomic mass is 10.0. The smallest absolute Gasteiger partial charge is 0.138 e. The van der Waals surface area contributed by atoms with Gasteiger partial charge in [0, 0.05) is 19.4 Å². The number of ketones is 1. The van der Waals surface area contributed by atoms with Crippen molar-refractivity contribution in [3.63, 3.8) is 0 Å². The number of carbonyl (C=O) groups excluding carboxylic acids is 1. The van der Waals surface area contributed by atoms with E-state index in [-0.39, 0.29) is 5.92 Å². The van der Waals surface area contributed by atoms with E-state index in [2.05, 4.69) is 0 Å². The van der Waals surface area contributed by atoms with Gasteiger partial charge in [0.2, 0.25) is 0 Å². The highest BCUT2D eigenvalue weighted by atomic mass is 16.5. The summed E-state index contributed by atoms with van der Waals surface area (Å²) in [6.07, 6.45) is 5.30. The van der Waals surface area contributed by atoms with Gasteiger partial charge in [-0.15, -0.1) is 0 Å². The second-order valence-electron chi connectivity index (χ2n) is 3.22. The van der Waals surface area contributed by atoms with E-state index in [9.17, 15) is 4.79 Å². The van der Waals surface area contributed by atoms with Gasteiger partial charge in [-0.05, 0) is 12.8 Å². The number of rotatable bonds is 2. The molecule has 1 fully saturated rings. The second-order valence-corrected chi connectivity index (χ2v) is 3.22. The summed E-state index contributed by atoms with van der Waals surface area (Å²) in [4.78, 5) is 11.3. The Bertz CT molecular complexity index is 132. The highest BCUT2D eigenvalue weighted by Crippen LogP contribution is 2.19. The van der Waals surface area contributed by atoms with Crippen LogP contribution in [0.3, 0.4) is 0 Å². The first-order chi connectivity index (χ1) is 5.34. The van der Waals surface area contributed by atoms with Crippen LogP contribution in [0.15, 0.2) is 0 Å². The average molecular weight is 156 g/mol. The molecule has 64 valence electrons. The molecule has 11 heavy (non-hydrogen) atoms. The Labute approximate surface area is 67.9 Å². The van der Waals surface area contributed by atoms with Crippen LogP contribution >= 0.6 is 0 Å². The van der Waals surface area contributed by atoms with Crippen LogP contribution in [0.25, 0.3) is 0 Å². The van der Waals surface area contributed by atoms with Crippen molar-refractivity contribution in [3.05, 3.63) is 0 Å². The zero-order chi connectivity index (χ0) is 8.10. The van der Waals surface area contributed by atoms with Crippen LogP contribution in [-0.2, 0) is 9.53 Å². The van der Waals surface area contributed by atoms with Gasteiger partial charge < -0.3 is 4.74 Å². The Morgan fingerprint density at radius 3 is 3.00 bits per heavy atom. The second kappa shape index (κ2) is 4.50. The summed E-state index contributed by atoms with van der Waals surface area (Å²) in [5, 5.41) is 0. The average Bonchev–Trinajstić information content (AvgIpc) is 2.18. The Kier molecular flexibility index (Phi) is 3.57. The molecule has 0 heterocycles. The topological polar surface area (TPSA) is 26.3 Å². The molecule has 0 aromatic heterocycles. The lowest BCUT2D eigenvalue weighted by Crippen LogP contribution is -2.17. The van der Waals surface area contributed by atoms with Crippen molar-refractivity contribution in [3.8, 4) is 0 Å². The van der Waals surface area contributed by atoms with Gasteiger partial charge in [0.25, 0.3) is 0 Å². The van der Waals surface area contributed by atoms with Gasteiger partial charge in [0.1, 0.15) is 5.78 Å². The number of Topliss-reactive ketones (excluding diaryl/α,β-unsaturated/α-hetero) is 1. The molecule has 1 aliphatic carbocycles. The molecule has 1 atom stereocenters. The molecular weight excluding hydrogens is 140 g/mol. The fourth-order valence-electron chi connectivity index (χ4n) is 1.61.